The molecule has 0 radical (unpaired) electrons. The molecule has 2 aromatic rings. The van der Waals surface area contributed by atoms with E-state index in [4.69, 9.17) is 9.47 Å². The molecule has 3 N–H and O–H groups in total. The molecule has 4 fully saturated rings. The van der Waals surface area contributed by atoms with Gasteiger partial charge in [-0.2, -0.15) is 0 Å². The van der Waals surface area contributed by atoms with Crippen LogP contribution >= 0.6 is 0 Å². The highest BCUT2D eigenvalue weighted by atomic mass is 32.2. The third-order valence-electron chi connectivity index (χ3n) is 12.0. The van der Waals surface area contributed by atoms with E-state index in [1.165, 1.54) is 11.0 Å². The number of aromatic nitrogens is 1. The summed E-state index contributed by atoms with van der Waals surface area (Å²) in [5.74, 6) is -2.11. The first-order chi connectivity index (χ1) is 25.8. The van der Waals surface area contributed by atoms with Crippen molar-refractivity contribution in [3.8, 4) is 5.88 Å². The van der Waals surface area contributed by atoms with Crippen molar-refractivity contribution in [1.82, 2.24) is 25.2 Å². The van der Waals surface area contributed by atoms with E-state index in [9.17, 15) is 27.6 Å². The van der Waals surface area contributed by atoms with Crippen molar-refractivity contribution in [3.63, 3.8) is 0 Å². The summed E-state index contributed by atoms with van der Waals surface area (Å²) >= 11 is 0. The Morgan fingerprint density at radius 2 is 1.83 bits per heavy atom. The summed E-state index contributed by atoms with van der Waals surface area (Å²) in [6.45, 7) is 8.17. The average Bonchev–Trinajstić information content (AvgIpc) is 4.01. The van der Waals surface area contributed by atoms with Crippen LogP contribution in [-0.2, 0) is 35.6 Å². The second-order valence-electron chi connectivity index (χ2n) is 16.8. The lowest BCUT2D eigenvalue weighted by Gasteiger charge is -2.32. The summed E-state index contributed by atoms with van der Waals surface area (Å²) in [7, 11) is -3.88. The zero-order valence-corrected chi connectivity index (χ0v) is 32.1. The van der Waals surface area contributed by atoms with Crippen molar-refractivity contribution < 1.29 is 37.1 Å². The number of ether oxygens (including phenoxy) is 2. The number of carbonyl (C=O) groups excluding carboxylic acids is 4. The number of cyclic esters (lactones) is 1. The molecule has 3 saturated carbocycles. The minimum absolute atomic E-state index is 0.0296. The summed E-state index contributed by atoms with van der Waals surface area (Å²) in [6.07, 6.45) is 11.1. The van der Waals surface area contributed by atoms with Gasteiger partial charge in [0.15, 0.2) is 0 Å². The van der Waals surface area contributed by atoms with Gasteiger partial charge in [0, 0.05) is 23.9 Å². The van der Waals surface area contributed by atoms with E-state index in [1.807, 2.05) is 6.07 Å². The second kappa shape index (κ2) is 15.1. The van der Waals surface area contributed by atoms with Crippen LogP contribution < -0.4 is 20.1 Å². The Kier molecular flexibility index (Phi) is 10.7. The number of hydrogen-bond acceptors (Lipinski definition) is 9. The number of pyridine rings is 1. The van der Waals surface area contributed by atoms with Crippen molar-refractivity contribution in [2.75, 3.05) is 13.2 Å². The zero-order valence-electron chi connectivity index (χ0n) is 31.3. The fourth-order valence-electron chi connectivity index (χ4n) is 8.45. The topological polar surface area (TPSA) is 173 Å². The lowest BCUT2D eigenvalue weighted by molar-refractivity contribution is -0.142. The lowest BCUT2D eigenvalue weighted by atomic mass is 9.87. The number of sulfonamides is 1. The maximum atomic E-state index is 14.7. The molecule has 2 aliphatic heterocycles. The van der Waals surface area contributed by atoms with Crippen LogP contribution in [0.2, 0.25) is 0 Å². The van der Waals surface area contributed by atoms with E-state index in [0.29, 0.717) is 18.7 Å². The van der Waals surface area contributed by atoms with Crippen LogP contribution in [0.5, 0.6) is 5.88 Å². The van der Waals surface area contributed by atoms with E-state index < -0.39 is 68.7 Å². The van der Waals surface area contributed by atoms with Crippen LogP contribution in [0.15, 0.2) is 43.1 Å². The van der Waals surface area contributed by atoms with E-state index >= 15 is 0 Å². The van der Waals surface area contributed by atoms with Gasteiger partial charge in [-0.3, -0.25) is 19.1 Å². The second-order valence-corrected chi connectivity index (χ2v) is 18.8. The molecule has 5 atom stereocenters. The standard InChI is InChI=1S/C40H53N5O8S/c1-4-28-22-40(28,37(48)44-54(50,51)30-15-16-30)43-34(46)32-21-29-23-45(32)36(47)33(27-11-7-8-12-27)42-38(49)52-24-39(2,3)18-9-5-6-10-25-13-14-26-17-19-41-35(53-29)31(26)20-25/h4,13-14,17,19-20,27-30,32-33H,1,5-12,15-16,18,21-24H2,2-3H3,(H,42,49)(H,43,46)(H,44,48)/t28-,29-,32+,33+,40?/m1/s1. The Labute approximate surface area is 317 Å². The molecule has 3 aliphatic carbocycles. The molecule has 13 nitrogen and oxygen atoms in total. The molecule has 7 rings (SSSR count). The van der Waals surface area contributed by atoms with Crippen LogP contribution in [-0.4, -0.2) is 84.2 Å². The van der Waals surface area contributed by atoms with E-state index in [0.717, 1.165) is 74.1 Å². The normalized spacial score (nSPS) is 29.5. The number of fused-ring (bicyclic) bond motifs is 3. The Bertz CT molecular complexity index is 1910. The molecule has 54 heavy (non-hydrogen) atoms. The minimum Gasteiger partial charge on any atom is -0.472 e. The number of alkyl carbamates (subject to hydrolysis) is 1. The minimum atomic E-state index is -3.88. The molecule has 3 heterocycles. The molecule has 292 valence electrons. The van der Waals surface area contributed by atoms with Crippen LogP contribution in [0.25, 0.3) is 10.8 Å². The van der Waals surface area contributed by atoms with E-state index in [2.05, 4.69) is 59.0 Å². The number of amides is 4. The fraction of sp³-hybridized carbons (Fsp3) is 0.625. The number of nitrogens with zero attached hydrogens (tertiary/aromatic N) is 2. The third-order valence-corrected chi connectivity index (χ3v) is 13.8. The maximum absolute atomic E-state index is 14.7. The predicted octanol–water partition coefficient (Wildman–Crippen LogP) is 4.68. The molecular formula is C40H53N5O8S. The maximum Gasteiger partial charge on any atom is 0.407 e. The van der Waals surface area contributed by atoms with Gasteiger partial charge >= 0.3 is 6.09 Å². The average molecular weight is 764 g/mol. The SMILES string of the molecule is C=C[C@@H]1CC1(NC(=O)[C@@H]1C[C@@H]2CN1C(=O)[C@H](C1CCCC1)NC(=O)OCC(C)(C)CCCCCc1ccc3ccnc(c3c1)O2)C(=O)NS(=O)(=O)C1CC1. The molecule has 5 aliphatic rings. The lowest BCUT2D eigenvalue weighted by Crippen LogP contribution is -2.59. The number of hydrogen-bond donors (Lipinski definition) is 3. The third kappa shape index (κ3) is 8.23. The van der Waals surface area contributed by atoms with Gasteiger partial charge in [-0.15, -0.1) is 6.58 Å². The van der Waals surface area contributed by atoms with Crippen molar-refractivity contribution in [3.05, 3.63) is 48.7 Å². The van der Waals surface area contributed by atoms with Crippen molar-refractivity contribution in [2.24, 2.45) is 17.3 Å². The Morgan fingerprint density at radius 1 is 1.06 bits per heavy atom. The molecule has 4 bridgehead atoms. The first-order valence-corrected chi connectivity index (χ1v) is 21.1. The molecule has 1 aromatic heterocycles. The summed E-state index contributed by atoms with van der Waals surface area (Å²) < 4.78 is 40.0. The highest BCUT2D eigenvalue weighted by molar-refractivity contribution is 7.91. The van der Waals surface area contributed by atoms with Gasteiger partial charge in [0.1, 0.15) is 23.7 Å². The first kappa shape index (κ1) is 38.1. The van der Waals surface area contributed by atoms with Gasteiger partial charge in [-0.1, -0.05) is 57.7 Å². The molecular weight excluding hydrogens is 711 g/mol. The zero-order chi connectivity index (χ0) is 38.3. The quantitative estimate of drug-likeness (QED) is 0.339. The molecule has 1 aromatic carbocycles. The largest absolute Gasteiger partial charge is 0.472 e. The van der Waals surface area contributed by atoms with Gasteiger partial charge in [0.2, 0.25) is 27.7 Å². The molecule has 0 spiro atoms. The summed E-state index contributed by atoms with van der Waals surface area (Å²) in [5, 5.41) is 6.90. The number of aryl methyl sites for hydroxylation is 1. The van der Waals surface area contributed by atoms with Crippen molar-refractivity contribution in [2.45, 2.75) is 126 Å². The number of benzene rings is 1. The first-order valence-electron chi connectivity index (χ1n) is 19.6. The van der Waals surface area contributed by atoms with Crippen LogP contribution in [0.4, 0.5) is 4.79 Å². The predicted molar refractivity (Wildman–Crippen MR) is 202 cm³/mol. The van der Waals surface area contributed by atoms with Crippen LogP contribution in [0.3, 0.4) is 0 Å². The Balaban J connectivity index is 1.20. The van der Waals surface area contributed by atoms with Crippen molar-refractivity contribution >= 4 is 44.6 Å². The van der Waals surface area contributed by atoms with Crippen LogP contribution in [0.1, 0.15) is 96.5 Å². The van der Waals surface area contributed by atoms with Crippen LogP contribution in [0, 0.1) is 17.3 Å². The van der Waals surface area contributed by atoms with E-state index in [-0.39, 0.29) is 37.3 Å². The summed E-state index contributed by atoms with van der Waals surface area (Å²) in [5.41, 5.74) is -0.628. The van der Waals surface area contributed by atoms with Crippen molar-refractivity contribution in [1.29, 1.82) is 0 Å². The molecule has 4 amide bonds. The smallest absolute Gasteiger partial charge is 0.407 e. The van der Waals surface area contributed by atoms with Gasteiger partial charge in [-0.05, 0) is 85.8 Å². The number of carbonyl (C=O) groups is 4. The monoisotopic (exact) mass is 763 g/mol. The Morgan fingerprint density at radius 3 is 2.56 bits per heavy atom. The Hall–Kier alpha value is -4.20. The molecule has 1 unspecified atom stereocenters. The van der Waals surface area contributed by atoms with E-state index in [1.54, 1.807) is 6.20 Å². The highest BCUT2D eigenvalue weighted by Crippen LogP contribution is 2.45. The van der Waals surface area contributed by atoms with Gasteiger partial charge in [-0.25, -0.2) is 18.2 Å². The highest BCUT2D eigenvalue weighted by Gasteiger charge is 2.62. The number of rotatable bonds is 7. The fourth-order valence-corrected chi connectivity index (χ4v) is 9.82. The summed E-state index contributed by atoms with van der Waals surface area (Å²) in [4.78, 5) is 62.0. The van der Waals surface area contributed by atoms with Gasteiger partial charge in [0.25, 0.3) is 5.91 Å². The molecule has 1 saturated heterocycles. The van der Waals surface area contributed by atoms with Gasteiger partial charge in [0.05, 0.1) is 18.4 Å². The molecule has 14 heteroatoms. The van der Waals surface area contributed by atoms with Gasteiger partial charge < -0.3 is 25.0 Å². The number of nitrogens with one attached hydrogen (secondary N) is 3. The summed E-state index contributed by atoms with van der Waals surface area (Å²) in [6, 6.07) is 6.17.